The molecule has 4 aromatic rings. The lowest BCUT2D eigenvalue weighted by Crippen LogP contribution is -2.58. The van der Waals surface area contributed by atoms with Gasteiger partial charge >= 0.3 is 5.92 Å². The molecule has 3 fully saturated rings. The summed E-state index contributed by atoms with van der Waals surface area (Å²) in [5, 5.41) is 22.1. The Balaban J connectivity index is 0.698. The van der Waals surface area contributed by atoms with E-state index in [0.29, 0.717) is 65.1 Å². The fourth-order valence-electron chi connectivity index (χ4n) is 10.6. The molecular weight excluding hydrogens is 1080 g/mol. The number of anilines is 4. The molecule has 0 bridgehead atoms. The number of hydrogen-bond acceptors (Lipinski definition) is 17. The number of hydrogen-bond donors (Lipinski definition) is 5. The van der Waals surface area contributed by atoms with Crippen molar-refractivity contribution in [2.24, 2.45) is 5.41 Å². The second-order valence-electron chi connectivity index (χ2n) is 22.0. The lowest BCUT2D eigenvalue weighted by Gasteiger charge is -2.35. The predicted molar refractivity (Wildman–Crippen MR) is 297 cm³/mol. The number of piperidine rings is 1. The van der Waals surface area contributed by atoms with Crippen molar-refractivity contribution in [3.63, 3.8) is 0 Å². The van der Waals surface area contributed by atoms with Gasteiger partial charge in [-0.2, -0.15) is 13.8 Å². The number of halogens is 3. The number of aliphatic hydroxyl groups excluding tert-OH is 1. The van der Waals surface area contributed by atoms with E-state index in [9.17, 15) is 29.1 Å². The molecule has 25 heteroatoms. The number of amides is 5. The number of rotatable bonds is 23. The Morgan fingerprint density at radius 2 is 1.64 bits per heavy atom. The Bertz CT molecular complexity index is 2850. The van der Waals surface area contributed by atoms with Crippen molar-refractivity contribution in [3.8, 4) is 16.2 Å². The van der Waals surface area contributed by atoms with Crippen LogP contribution in [0.3, 0.4) is 0 Å². The van der Waals surface area contributed by atoms with E-state index in [1.165, 1.54) is 36.2 Å². The smallest absolute Gasteiger partial charge is 0.342 e. The minimum Gasteiger partial charge on any atom is -0.495 e. The van der Waals surface area contributed by atoms with E-state index in [2.05, 4.69) is 41.1 Å². The van der Waals surface area contributed by atoms with Gasteiger partial charge in [-0.1, -0.05) is 57.9 Å². The highest BCUT2D eigenvalue weighted by atomic mass is 32.1. The Hall–Kier alpha value is -6.51. The number of nitrogens with one attached hydrogen (secondary N) is 4. The molecule has 5 amide bonds. The molecule has 0 radical (unpaired) electrons. The zero-order valence-electron chi connectivity index (χ0n) is 46.7. The molecule has 1 aliphatic carbocycles. The molecule has 3 atom stereocenters. The normalized spacial score (nSPS) is 19.3. The number of aromatic nitrogens is 3. The topological polar surface area (TPSA) is 242 Å². The summed E-state index contributed by atoms with van der Waals surface area (Å²) < 4.78 is 68.3. The maximum atomic E-state index is 15.7. The van der Waals surface area contributed by atoms with Gasteiger partial charge in [-0.15, -0.1) is 11.3 Å². The van der Waals surface area contributed by atoms with Gasteiger partial charge in [-0.3, -0.25) is 24.0 Å². The minimum atomic E-state index is -3.64. The van der Waals surface area contributed by atoms with Crippen LogP contribution in [0.15, 0.2) is 48.1 Å². The number of thiazole rings is 1. The van der Waals surface area contributed by atoms with Crippen LogP contribution in [0.5, 0.6) is 5.75 Å². The third-order valence-corrected chi connectivity index (χ3v) is 16.1. The van der Waals surface area contributed by atoms with Crippen LogP contribution in [-0.2, 0) is 39.9 Å². The quantitative estimate of drug-likeness (QED) is 0.0599. The van der Waals surface area contributed by atoms with E-state index in [1.54, 1.807) is 16.8 Å². The van der Waals surface area contributed by atoms with Gasteiger partial charge in [-0.25, -0.2) is 14.4 Å². The second-order valence-corrected chi connectivity index (χ2v) is 22.9. The number of fused-ring (bicyclic) bond motifs is 1. The van der Waals surface area contributed by atoms with Gasteiger partial charge in [0.2, 0.25) is 23.7 Å². The van der Waals surface area contributed by atoms with Crippen LogP contribution in [-0.4, -0.2) is 182 Å². The van der Waals surface area contributed by atoms with Gasteiger partial charge in [0.05, 0.1) is 86.3 Å². The van der Waals surface area contributed by atoms with Gasteiger partial charge in [0.1, 0.15) is 35.9 Å². The molecule has 81 heavy (non-hydrogen) atoms. The monoisotopic (exact) mass is 1150 g/mol. The SMILES string of the molecule is COc1cc(C(=O)NC2CCN(CCOCCOCCOCC(=O)N[C@H](C(=O)N3C[C@H](O)C[C@H]3C(=O)NCc3ccc(-c4scnc4C)cc3)C(C)(C)C)CC2)c(F)cc1Nc1ncc2c(n1)N(C1CCCC1)CC(F)(F)C(=O)N2C. The molecule has 440 valence electrons. The molecule has 8 rings (SSSR count). The molecule has 0 unspecified atom stereocenters. The van der Waals surface area contributed by atoms with Crippen molar-refractivity contribution in [3.05, 3.63) is 70.7 Å². The second kappa shape index (κ2) is 27.0. The molecule has 3 aliphatic heterocycles. The van der Waals surface area contributed by atoms with E-state index in [4.69, 9.17) is 18.9 Å². The summed E-state index contributed by atoms with van der Waals surface area (Å²) >= 11 is 1.56. The maximum absolute atomic E-state index is 15.7. The first-order chi connectivity index (χ1) is 38.7. The number of methoxy groups -OCH3 is 1. The lowest BCUT2D eigenvalue weighted by atomic mass is 9.85. The van der Waals surface area contributed by atoms with Crippen molar-refractivity contribution in [2.45, 2.75) is 115 Å². The molecule has 4 aliphatic rings. The third-order valence-electron chi connectivity index (χ3n) is 15.1. The summed E-state index contributed by atoms with van der Waals surface area (Å²) in [7, 11) is 2.63. The number of carbonyl (C=O) groups is 5. The molecule has 0 spiro atoms. The average Bonchev–Trinajstić information content (AvgIpc) is 4.36. The Morgan fingerprint density at radius 3 is 2.31 bits per heavy atom. The number of ether oxygens (including phenoxy) is 4. The number of aliphatic hydroxyl groups is 1. The highest BCUT2D eigenvalue weighted by Crippen LogP contribution is 2.40. The Kier molecular flexibility index (Phi) is 20.2. The minimum absolute atomic E-state index is 0.0350. The predicted octanol–water partition coefficient (Wildman–Crippen LogP) is 5.21. The number of aryl methyl sites for hydroxylation is 1. The molecule has 2 saturated heterocycles. The Labute approximate surface area is 473 Å². The van der Waals surface area contributed by atoms with Crippen LogP contribution in [0.25, 0.3) is 10.4 Å². The zero-order valence-corrected chi connectivity index (χ0v) is 47.6. The van der Waals surface area contributed by atoms with E-state index in [1.807, 2.05) is 52.0 Å². The van der Waals surface area contributed by atoms with Crippen LogP contribution >= 0.6 is 11.3 Å². The van der Waals surface area contributed by atoms with Gasteiger partial charge in [-0.05, 0) is 55.2 Å². The zero-order chi connectivity index (χ0) is 58.0. The number of nitrogens with zero attached hydrogens (tertiary/aromatic N) is 7. The van der Waals surface area contributed by atoms with E-state index >= 15 is 13.2 Å². The molecular formula is C56H74F3N11O10S. The van der Waals surface area contributed by atoms with Gasteiger partial charge < -0.3 is 64.9 Å². The largest absolute Gasteiger partial charge is 0.495 e. The van der Waals surface area contributed by atoms with Crippen LogP contribution in [0, 0.1) is 18.2 Å². The first-order valence-electron chi connectivity index (χ1n) is 27.5. The van der Waals surface area contributed by atoms with Crippen molar-refractivity contribution < 1.29 is 61.2 Å². The number of benzene rings is 2. The fraction of sp³-hybridized carbons (Fsp3) is 0.571. The number of likely N-dealkylation sites (tertiary alicyclic amines) is 2. The maximum Gasteiger partial charge on any atom is 0.342 e. The number of β-amino-alcohol motifs (C(OH)–C–C–N with tert-alkyl or cyclic N) is 1. The summed E-state index contributed by atoms with van der Waals surface area (Å²) in [6, 6.07) is 7.84. The van der Waals surface area contributed by atoms with Crippen molar-refractivity contribution in [1.29, 1.82) is 0 Å². The van der Waals surface area contributed by atoms with Gasteiger partial charge in [0.15, 0.2) is 5.82 Å². The van der Waals surface area contributed by atoms with Crippen molar-refractivity contribution >= 4 is 64.0 Å². The summed E-state index contributed by atoms with van der Waals surface area (Å²) in [6.07, 6.45) is 4.80. The van der Waals surface area contributed by atoms with E-state index in [0.717, 1.165) is 45.5 Å². The van der Waals surface area contributed by atoms with Crippen LogP contribution in [0.4, 0.5) is 36.3 Å². The van der Waals surface area contributed by atoms with E-state index < -0.39 is 71.4 Å². The Morgan fingerprint density at radius 1 is 0.951 bits per heavy atom. The van der Waals surface area contributed by atoms with E-state index in [-0.39, 0.29) is 85.9 Å². The van der Waals surface area contributed by atoms with Crippen LogP contribution < -0.4 is 35.8 Å². The van der Waals surface area contributed by atoms with Gasteiger partial charge in [0, 0.05) is 64.3 Å². The summed E-state index contributed by atoms with van der Waals surface area (Å²) in [6.45, 7) is 9.85. The number of alkyl halides is 2. The molecule has 2 aromatic carbocycles. The molecule has 5 N–H and O–H groups in total. The van der Waals surface area contributed by atoms with Crippen LogP contribution in [0.2, 0.25) is 0 Å². The summed E-state index contributed by atoms with van der Waals surface area (Å²) in [5.41, 5.74) is 3.95. The molecule has 5 heterocycles. The molecule has 1 saturated carbocycles. The highest BCUT2D eigenvalue weighted by molar-refractivity contribution is 7.13. The highest BCUT2D eigenvalue weighted by Gasteiger charge is 2.49. The molecule has 2 aromatic heterocycles. The number of carbonyl (C=O) groups excluding carboxylic acids is 5. The first-order valence-corrected chi connectivity index (χ1v) is 28.3. The average molecular weight is 1150 g/mol. The molecule has 21 nitrogen and oxygen atoms in total. The third kappa shape index (κ3) is 15.3. The van der Waals surface area contributed by atoms with Crippen molar-refractivity contribution in [1.82, 2.24) is 40.7 Å². The van der Waals surface area contributed by atoms with Gasteiger partial charge in [0.25, 0.3) is 11.8 Å². The summed E-state index contributed by atoms with van der Waals surface area (Å²) in [5.74, 6) is -7.55. The van der Waals surface area contributed by atoms with Crippen LogP contribution in [0.1, 0.15) is 87.3 Å². The fourth-order valence-corrected chi connectivity index (χ4v) is 11.4. The standard InChI is InChI=1S/C56H74F3N11O10S/c1-34-47(81-33-62-34)36-13-11-35(12-14-36)28-60-51(74)43-25-39(71)30-69(43)52(75)48(55(2,3)4)65-46(72)31-80-24-23-79-22-21-78-20-19-68-17-15-37(16-18-68)63-50(73)40-26-45(77-6)42(27-41(40)57)64-54-61-29-44-49(66-54)70(38-9-7-8-10-38)32-56(58,59)53(76)67(44)5/h11-14,26-27,29,33,37-39,43,48,71H,7-10,15-25,28,30-32H2,1-6H3,(H,60,74)(H,63,73)(H,65,72)(H,61,64,66)/t39-,43+,48-/m1/s1. The first kappa shape index (κ1) is 60.6. The van der Waals surface area contributed by atoms with Crippen molar-refractivity contribution in [2.75, 3.05) is 102 Å². The summed E-state index contributed by atoms with van der Waals surface area (Å²) in [4.78, 5) is 86.7. The lowest BCUT2D eigenvalue weighted by molar-refractivity contribution is -0.144.